The lowest BCUT2D eigenvalue weighted by atomic mass is 10.1. The van der Waals surface area contributed by atoms with E-state index in [1.54, 1.807) is 26.0 Å². The second-order valence-electron chi connectivity index (χ2n) is 4.36. The van der Waals surface area contributed by atoms with Crippen LogP contribution in [0.25, 0.3) is 0 Å². The van der Waals surface area contributed by atoms with E-state index in [1.807, 2.05) is 22.6 Å². The molecule has 1 aromatic carbocycles. The van der Waals surface area contributed by atoms with Gasteiger partial charge in [-0.2, -0.15) is 0 Å². The Kier molecular flexibility index (Phi) is 4.17. The van der Waals surface area contributed by atoms with Gasteiger partial charge in [0.1, 0.15) is 5.82 Å². The Morgan fingerprint density at radius 2 is 2.10 bits per heavy atom. The van der Waals surface area contributed by atoms with Gasteiger partial charge in [0.2, 0.25) is 0 Å². The van der Waals surface area contributed by atoms with E-state index in [4.69, 9.17) is 0 Å². The molecule has 0 unspecified atom stereocenters. The third-order valence-corrected chi connectivity index (χ3v) is 3.89. The molecule has 2 rings (SSSR count). The Balaban J connectivity index is 2.52. The maximum absolute atomic E-state index is 12.1. The SMILES string of the molecule is Cc1c(Cn2c(C)ncc(I)c2=O)cccc1[N+](=O)[O-]. The second-order valence-corrected chi connectivity index (χ2v) is 5.53. The van der Waals surface area contributed by atoms with Crippen LogP contribution < -0.4 is 5.56 Å². The minimum absolute atomic E-state index is 0.0618. The van der Waals surface area contributed by atoms with Crippen molar-refractivity contribution in [2.75, 3.05) is 0 Å². The van der Waals surface area contributed by atoms with Gasteiger partial charge < -0.3 is 0 Å². The monoisotopic (exact) mass is 385 g/mol. The Morgan fingerprint density at radius 3 is 2.75 bits per heavy atom. The average molecular weight is 385 g/mol. The fourth-order valence-electron chi connectivity index (χ4n) is 1.95. The predicted octanol–water partition coefficient (Wildman–Crippen LogP) is 2.42. The maximum atomic E-state index is 12.1. The van der Waals surface area contributed by atoms with Crippen LogP contribution in [0, 0.1) is 27.5 Å². The number of aromatic nitrogens is 2. The largest absolute Gasteiger partial charge is 0.291 e. The maximum Gasteiger partial charge on any atom is 0.272 e. The Bertz CT molecular complexity index is 740. The van der Waals surface area contributed by atoms with Crippen molar-refractivity contribution in [2.45, 2.75) is 20.4 Å². The lowest BCUT2D eigenvalue weighted by molar-refractivity contribution is -0.385. The molecule has 0 aliphatic rings. The highest BCUT2D eigenvalue weighted by Crippen LogP contribution is 2.21. The molecule has 7 heteroatoms. The number of nitrogens with zero attached hydrogens (tertiary/aromatic N) is 3. The standard InChI is InChI=1S/C13H12IN3O3/c1-8-10(4-3-5-12(8)17(19)20)7-16-9(2)15-6-11(14)13(16)18/h3-6H,7H2,1-2H3. The van der Waals surface area contributed by atoms with Crippen LogP contribution in [-0.2, 0) is 6.54 Å². The van der Waals surface area contributed by atoms with E-state index in [2.05, 4.69) is 4.98 Å². The lowest BCUT2D eigenvalue weighted by Crippen LogP contribution is -2.26. The molecule has 0 saturated carbocycles. The number of nitro benzene ring substituents is 1. The van der Waals surface area contributed by atoms with Gasteiger partial charge in [-0.15, -0.1) is 0 Å². The quantitative estimate of drug-likeness (QED) is 0.462. The summed E-state index contributed by atoms with van der Waals surface area (Å²) in [5.41, 5.74) is 1.24. The van der Waals surface area contributed by atoms with Crippen molar-refractivity contribution in [3.05, 3.63) is 65.4 Å². The van der Waals surface area contributed by atoms with Crippen LogP contribution in [0.4, 0.5) is 5.69 Å². The summed E-state index contributed by atoms with van der Waals surface area (Å²) < 4.78 is 2.05. The van der Waals surface area contributed by atoms with E-state index < -0.39 is 4.92 Å². The zero-order valence-electron chi connectivity index (χ0n) is 11.0. The van der Waals surface area contributed by atoms with Crippen molar-refractivity contribution in [1.82, 2.24) is 9.55 Å². The number of hydrogen-bond acceptors (Lipinski definition) is 4. The first-order chi connectivity index (χ1) is 9.41. The lowest BCUT2D eigenvalue weighted by Gasteiger charge is -2.11. The second kappa shape index (κ2) is 5.70. The first kappa shape index (κ1) is 14.6. The summed E-state index contributed by atoms with van der Waals surface area (Å²) in [5, 5.41) is 10.9. The van der Waals surface area contributed by atoms with Gasteiger partial charge >= 0.3 is 0 Å². The zero-order valence-corrected chi connectivity index (χ0v) is 13.1. The van der Waals surface area contributed by atoms with Gasteiger partial charge in [0, 0.05) is 17.8 Å². The molecule has 0 fully saturated rings. The van der Waals surface area contributed by atoms with Crippen molar-refractivity contribution in [3.63, 3.8) is 0 Å². The van der Waals surface area contributed by atoms with Crippen LogP contribution in [0.2, 0.25) is 0 Å². The molecule has 0 aliphatic heterocycles. The van der Waals surface area contributed by atoms with Crippen LogP contribution in [0.5, 0.6) is 0 Å². The van der Waals surface area contributed by atoms with Crippen molar-refractivity contribution in [1.29, 1.82) is 0 Å². The first-order valence-corrected chi connectivity index (χ1v) is 6.94. The normalized spacial score (nSPS) is 10.6. The smallest absolute Gasteiger partial charge is 0.272 e. The van der Waals surface area contributed by atoms with Crippen molar-refractivity contribution < 1.29 is 4.92 Å². The summed E-state index contributed by atoms with van der Waals surface area (Å²) in [7, 11) is 0. The van der Waals surface area contributed by atoms with Crippen molar-refractivity contribution >= 4 is 28.3 Å². The number of rotatable bonds is 3. The van der Waals surface area contributed by atoms with Crippen molar-refractivity contribution in [2.24, 2.45) is 0 Å². The molecule has 0 aliphatic carbocycles. The van der Waals surface area contributed by atoms with Gasteiger partial charge in [0.05, 0.1) is 15.0 Å². The summed E-state index contributed by atoms with van der Waals surface area (Å²) in [6, 6.07) is 4.87. The Hall–Kier alpha value is -1.77. The van der Waals surface area contributed by atoms with Gasteiger partial charge in [-0.1, -0.05) is 12.1 Å². The predicted molar refractivity (Wildman–Crippen MR) is 82.9 cm³/mol. The summed E-state index contributed by atoms with van der Waals surface area (Å²) in [5.74, 6) is 0.585. The Morgan fingerprint density at radius 1 is 1.40 bits per heavy atom. The Labute approximate surface area is 128 Å². The fraction of sp³-hybridized carbons (Fsp3) is 0.231. The summed E-state index contributed by atoms with van der Waals surface area (Å²) in [6.07, 6.45) is 1.52. The molecule has 0 bridgehead atoms. The molecule has 20 heavy (non-hydrogen) atoms. The van der Waals surface area contributed by atoms with Gasteiger partial charge in [0.25, 0.3) is 11.2 Å². The molecular formula is C13H12IN3O3. The fourth-order valence-corrected chi connectivity index (χ4v) is 2.38. The molecule has 2 aromatic rings. The topological polar surface area (TPSA) is 78.0 Å². The van der Waals surface area contributed by atoms with Crippen LogP contribution in [-0.4, -0.2) is 14.5 Å². The molecule has 0 amide bonds. The van der Waals surface area contributed by atoms with Crippen LogP contribution >= 0.6 is 22.6 Å². The van der Waals surface area contributed by atoms with E-state index in [0.717, 1.165) is 5.56 Å². The van der Waals surface area contributed by atoms with E-state index in [9.17, 15) is 14.9 Å². The van der Waals surface area contributed by atoms with Gasteiger partial charge in [-0.25, -0.2) is 4.98 Å². The molecule has 0 radical (unpaired) electrons. The summed E-state index contributed by atoms with van der Waals surface area (Å²) in [4.78, 5) is 26.8. The van der Waals surface area contributed by atoms with E-state index in [-0.39, 0.29) is 17.8 Å². The minimum Gasteiger partial charge on any atom is -0.291 e. The number of nitro groups is 1. The molecule has 0 N–H and O–H groups in total. The molecule has 1 heterocycles. The highest BCUT2D eigenvalue weighted by atomic mass is 127. The van der Waals surface area contributed by atoms with E-state index in [0.29, 0.717) is 15.0 Å². The molecule has 0 spiro atoms. The number of hydrogen-bond donors (Lipinski definition) is 0. The highest BCUT2D eigenvalue weighted by molar-refractivity contribution is 14.1. The van der Waals surface area contributed by atoms with Crippen LogP contribution in [0.3, 0.4) is 0 Å². The molecule has 0 saturated heterocycles. The van der Waals surface area contributed by atoms with E-state index >= 15 is 0 Å². The number of halogens is 1. The molecular weight excluding hydrogens is 373 g/mol. The summed E-state index contributed by atoms with van der Waals surface area (Å²) >= 11 is 1.93. The number of benzene rings is 1. The van der Waals surface area contributed by atoms with Gasteiger partial charge in [-0.05, 0) is 42.0 Å². The van der Waals surface area contributed by atoms with Gasteiger partial charge in [-0.3, -0.25) is 19.5 Å². The third kappa shape index (κ3) is 2.72. The van der Waals surface area contributed by atoms with E-state index in [1.165, 1.54) is 16.8 Å². The number of aryl methyl sites for hydroxylation is 1. The first-order valence-electron chi connectivity index (χ1n) is 5.86. The van der Waals surface area contributed by atoms with Gasteiger partial charge in [0.15, 0.2) is 0 Å². The summed E-state index contributed by atoms with van der Waals surface area (Å²) in [6.45, 7) is 3.71. The minimum atomic E-state index is -0.415. The molecule has 104 valence electrons. The zero-order chi connectivity index (χ0) is 14.9. The van der Waals surface area contributed by atoms with Crippen molar-refractivity contribution in [3.8, 4) is 0 Å². The molecule has 6 nitrogen and oxygen atoms in total. The van der Waals surface area contributed by atoms with Crippen LogP contribution in [0.1, 0.15) is 17.0 Å². The highest BCUT2D eigenvalue weighted by Gasteiger charge is 2.15. The molecule has 0 atom stereocenters. The average Bonchev–Trinajstić information content (AvgIpc) is 2.40. The van der Waals surface area contributed by atoms with Crippen LogP contribution in [0.15, 0.2) is 29.2 Å². The third-order valence-electron chi connectivity index (χ3n) is 3.15. The molecule has 1 aromatic heterocycles.